The Morgan fingerprint density at radius 1 is 0.780 bits per heavy atom. The molecular formula is C29H38N2O8S2. The molecule has 2 unspecified atom stereocenters. The number of carbonyl (C=O) groups is 4. The molecule has 12 heteroatoms. The lowest BCUT2D eigenvalue weighted by Crippen LogP contribution is -2.46. The molecule has 0 spiro atoms. The van der Waals surface area contributed by atoms with Crippen molar-refractivity contribution < 1.29 is 38.1 Å². The van der Waals surface area contributed by atoms with Crippen molar-refractivity contribution in [3.05, 3.63) is 29.8 Å². The highest BCUT2D eigenvalue weighted by Gasteiger charge is 2.27. The molecule has 1 aromatic rings. The maximum absolute atomic E-state index is 12.8. The van der Waals surface area contributed by atoms with Gasteiger partial charge in [0.25, 0.3) is 0 Å². The molecule has 10 nitrogen and oxygen atoms in total. The van der Waals surface area contributed by atoms with E-state index in [2.05, 4.69) is 22.5 Å². The first-order chi connectivity index (χ1) is 19.1. The lowest BCUT2D eigenvalue weighted by atomic mass is 10.2. The Labute approximate surface area is 250 Å². The van der Waals surface area contributed by atoms with Crippen LogP contribution in [0.25, 0.3) is 0 Å². The van der Waals surface area contributed by atoms with Crippen molar-refractivity contribution in [2.75, 3.05) is 23.0 Å². The number of hydrogen-bond acceptors (Lipinski definition) is 10. The predicted octanol–water partition coefficient (Wildman–Crippen LogP) is 4.15. The maximum Gasteiger partial charge on any atom is 0.408 e. The first-order valence-electron chi connectivity index (χ1n) is 12.6. The summed E-state index contributed by atoms with van der Waals surface area (Å²) in [4.78, 5) is 49.9. The molecule has 0 bridgehead atoms. The zero-order valence-corrected chi connectivity index (χ0v) is 25.9. The number of rotatable bonds is 13. The van der Waals surface area contributed by atoms with E-state index in [9.17, 15) is 19.2 Å². The highest BCUT2D eigenvalue weighted by molar-refractivity contribution is 7.99. The van der Waals surface area contributed by atoms with Crippen molar-refractivity contribution in [1.82, 2.24) is 10.6 Å². The summed E-state index contributed by atoms with van der Waals surface area (Å²) < 4.78 is 21.3. The van der Waals surface area contributed by atoms with Crippen molar-refractivity contribution in [2.45, 2.75) is 71.4 Å². The Morgan fingerprint density at radius 3 is 1.63 bits per heavy atom. The zero-order chi connectivity index (χ0) is 31.1. The van der Waals surface area contributed by atoms with Crippen LogP contribution in [-0.4, -0.2) is 70.4 Å². The molecule has 41 heavy (non-hydrogen) atoms. The van der Waals surface area contributed by atoms with Gasteiger partial charge in [-0.05, 0) is 59.2 Å². The molecular weight excluding hydrogens is 568 g/mol. The summed E-state index contributed by atoms with van der Waals surface area (Å²) in [6, 6.07) is 4.32. The molecule has 0 aliphatic rings. The van der Waals surface area contributed by atoms with Crippen LogP contribution in [0, 0.1) is 24.7 Å². The minimum Gasteiger partial charge on any atom is -0.459 e. The number of alkyl carbamates (subject to hydrolysis) is 2. The summed E-state index contributed by atoms with van der Waals surface area (Å²) in [5.41, 5.74) is -0.864. The number of benzene rings is 1. The second kappa shape index (κ2) is 17.4. The summed E-state index contributed by atoms with van der Waals surface area (Å²) in [5, 5.41) is 5.04. The molecule has 0 radical (unpaired) electrons. The summed E-state index contributed by atoms with van der Waals surface area (Å²) in [5.74, 6) is 4.90. The molecule has 2 N–H and O–H groups in total. The van der Waals surface area contributed by atoms with Gasteiger partial charge in [0, 0.05) is 11.5 Å². The van der Waals surface area contributed by atoms with Gasteiger partial charge >= 0.3 is 24.1 Å². The van der Waals surface area contributed by atoms with E-state index in [-0.39, 0.29) is 23.9 Å². The number of esters is 2. The van der Waals surface area contributed by atoms with Crippen LogP contribution in [0.5, 0.6) is 5.75 Å². The highest BCUT2D eigenvalue weighted by atomic mass is 32.2. The number of carbonyl (C=O) groups excluding carboxylic acids is 4. The van der Waals surface area contributed by atoms with E-state index in [1.54, 1.807) is 53.7 Å². The van der Waals surface area contributed by atoms with Gasteiger partial charge in [-0.3, -0.25) is 0 Å². The molecule has 0 aliphatic carbocycles. The second-order valence-corrected chi connectivity index (χ2v) is 12.6. The van der Waals surface area contributed by atoms with Crippen LogP contribution in [0.15, 0.2) is 24.3 Å². The summed E-state index contributed by atoms with van der Waals surface area (Å²) in [6.07, 6.45) is 9.06. The van der Waals surface area contributed by atoms with Crippen molar-refractivity contribution in [3.63, 3.8) is 0 Å². The molecule has 2 atom stereocenters. The number of thioether (sulfide) groups is 2. The number of ether oxygens (including phenoxy) is 4. The third kappa shape index (κ3) is 16.4. The van der Waals surface area contributed by atoms with Gasteiger partial charge < -0.3 is 29.6 Å². The van der Waals surface area contributed by atoms with Crippen molar-refractivity contribution >= 4 is 47.6 Å². The molecule has 2 amide bonds. The lowest BCUT2D eigenvalue weighted by Gasteiger charge is -2.23. The Bertz CT molecular complexity index is 1110. The first kappa shape index (κ1) is 35.5. The molecule has 0 heterocycles. The largest absolute Gasteiger partial charge is 0.459 e. The molecule has 0 aromatic heterocycles. The van der Waals surface area contributed by atoms with Gasteiger partial charge in [-0.15, -0.1) is 36.4 Å². The third-order valence-electron chi connectivity index (χ3n) is 4.41. The van der Waals surface area contributed by atoms with E-state index in [1.165, 1.54) is 35.7 Å². The fourth-order valence-electron chi connectivity index (χ4n) is 2.80. The average Bonchev–Trinajstić information content (AvgIpc) is 2.85. The maximum atomic E-state index is 12.8. The van der Waals surface area contributed by atoms with Gasteiger partial charge in [0.1, 0.15) is 35.6 Å². The van der Waals surface area contributed by atoms with Gasteiger partial charge in [-0.2, -0.15) is 0 Å². The van der Waals surface area contributed by atoms with Crippen LogP contribution < -0.4 is 15.4 Å². The number of nitrogens with one attached hydrogen (secondary N) is 2. The molecule has 0 saturated heterocycles. The van der Waals surface area contributed by atoms with Crippen molar-refractivity contribution in [3.8, 4) is 30.4 Å². The quantitative estimate of drug-likeness (QED) is 0.111. The molecule has 0 aliphatic heterocycles. The van der Waals surface area contributed by atoms with Gasteiger partial charge in [0.15, 0.2) is 0 Å². The normalized spacial score (nSPS) is 12.5. The van der Waals surface area contributed by atoms with E-state index < -0.39 is 47.4 Å². The van der Waals surface area contributed by atoms with E-state index in [4.69, 9.17) is 31.8 Å². The van der Waals surface area contributed by atoms with Gasteiger partial charge in [-0.25, -0.2) is 19.2 Å². The van der Waals surface area contributed by atoms with Crippen LogP contribution in [0.1, 0.15) is 47.1 Å². The third-order valence-corrected chi connectivity index (χ3v) is 6.29. The number of hydrogen-bond donors (Lipinski definition) is 2. The van der Waals surface area contributed by atoms with Crippen molar-refractivity contribution in [1.29, 1.82) is 0 Å². The first-order valence-corrected chi connectivity index (χ1v) is 14.9. The Kier molecular flexibility index (Phi) is 15.1. The molecule has 0 fully saturated rings. The van der Waals surface area contributed by atoms with Crippen LogP contribution in [-0.2, 0) is 30.4 Å². The van der Waals surface area contributed by atoms with E-state index in [0.29, 0.717) is 17.1 Å². The summed E-state index contributed by atoms with van der Waals surface area (Å²) >= 11 is 2.58. The topological polar surface area (TPSA) is 129 Å². The minimum absolute atomic E-state index is 0.0923. The summed E-state index contributed by atoms with van der Waals surface area (Å²) in [7, 11) is 0. The fourth-order valence-corrected chi connectivity index (χ4v) is 4.19. The molecule has 1 rings (SSSR count). The zero-order valence-electron chi connectivity index (χ0n) is 24.2. The Morgan fingerprint density at radius 2 is 1.22 bits per heavy atom. The SMILES string of the molecule is C#CCSCC(NC(=O)OC(C)(C)C)C(=O)OCc1ccc(OC(=O)C(CSCC#C)NC(=O)OC(C)(C)C)cc1. The van der Waals surface area contributed by atoms with E-state index in [1.807, 2.05) is 0 Å². The van der Waals surface area contributed by atoms with Crippen LogP contribution in [0.2, 0.25) is 0 Å². The van der Waals surface area contributed by atoms with Crippen molar-refractivity contribution in [2.24, 2.45) is 0 Å². The average molecular weight is 607 g/mol. The number of amides is 2. The molecule has 1 aromatic carbocycles. The van der Waals surface area contributed by atoms with E-state index >= 15 is 0 Å². The van der Waals surface area contributed by atoms with Crippen LogP contribution >= 0.6 is 23.5 Å². The monoisotopic (exact) mass is 606 g/mol. The fraction of sp³-hybridized carbons (Fsp3) is 0.517. The summed E-state index contributed by atoms with van der Waals surface area (Å²) in [6.45, 7) is 10.2. The predicted molar refractivity (Wildman–Crippen MR) is 161 cm³/mol. The standard InChI is InChI=1S/C29H38N2O8S2/c1-9-15-40-18-22(30-26(34)38-28(3,4)5)24(32)36-17-20-11-13-21(14-12-20)37-25(33)23(19-41-16-10-2)31-27(35)39-29(6,7)8/h1-2,11-14,22-23H,15-19H2,3-8H3,(H,30,34)(H,31,35). The molecule has 224 valence electrons. The second-order valence-electron chi connectivity index (χ2n) is 10.5. The molecule has 0 saturated carbocycles. The smallest absolute Gasteiger partial charge is 0.408 e. The van der Waals surface area contributed by atoms with Crippen LogP contribution in [0.3, 0.4) is 0 Å². The van der Waals surface area contributed by atoms with Gasteiger partial charge in [0.05, 0.1) is 11.5 Å². The Hall–Kier alpha value is -3.48. The minimum atomic E-state index is -0.995. The number of terminal acetylenes is 2. The van der Waals surface area contributed by atoms with Gasteiger partial charge in [0.2, 0.25) is 0 Å². The highest BCUT2D eigenvalue weighted by Crippen LogP contribution is 2.16. The van der Waals surface area contributed by atoms with E-state index in [0.717, 1.165) is 0 Å². The van der Waals surface area contributed by atoms with Gasteiger partial charge in [-0.1, -0.05) is 24.0 Å². The Balaban J connectivity index is 2.78. The van der Waals surface area contributed by atoms with Crippen LogP contribution in [0.4, 0.5) is 9.59 Å². The lowest BCUT2D eigenvalue weighted by molar-refractivity contribution is -0.146.